The van der Waals surface area contributed by atoms with E-state index in [2.05, 4.69) is 20.9 Å². The maximum atomic E-state index is 12.6. The minimum atomic E-state index is -3.43. The summed E-state index contributed by atoms with van der Waals surface area (Å²) in [5.41, 5.74) is 0.718. The molecule has 1 heterocycles. The fourth-order valence-corrected chi connectivity index (χ4v) is 5.40. The number of imide groups is 1. The molecule has 170 valence electrons. The summed E-state index contributed by atoms with van der Waals surface area (Å²) in [6, 6.07) is 10.6. The number of carbonyl (C=O) groups excluding carboxylic acids is 2. The third-order valence-corrected chi connectivity index (χ3v) is 7.49. The van der Waals surface area contributed by atoms with Crippen molar-refractivity contribution in [2.24, 2.45) is 0 Å². The number of aromatic nitrogens is 1. The van der Waals surface area contributed by atoms with Crippen molar-refractivity contribution < 1.29 is 18.0 Å². The van der Waals surface area contributed by atoms with Crippen LogP contribution in [0.15, 0.2) is 47.4 Å². The summed E-state index contributed by atoms with van der Waals surface area (Å²) in [6.07, 6.45) is 0.508. The van der Waals surface area contributed by atoms with Crippen LogP contribution in [0.25, 0.3) is 10.2 Å². The molecule has 11 heteroatoms. The monoisotopic (exact) mass is 494 g/mol. The van der Waals surface area contributed by atoms with Crippen molar-refractivity contribution in [3.63, 3.8) is 0 Å². The third kappa shape index (κ3) is 6.26. The van der Waals surface area contributed by atoms with Crippen LogP contribution in [-0.4, -0.2) is 43.7 Å². The van der Waals surface area contributed by atoms with E-state index in [-0.39, 0.29) is 26.4 Å². The molecule has 0 spiro atoms. The Bertz CT molecular complexity index is 1240. The summed E-state index contributed by atoms with van der Waals surface area (Å²) in [6.45, 7) is 4.63. The molecule has 0 unspecified atom stereocenters. The van der Waals surface area contributed by atoms with Crippen molar-refractivity contribution in [2.75, 3.05) is 17.6 Å². The minimum Gasteiger partial charge on any atom is -0.314 e. The number of thiazole rings is 1. The lowest BCUT2D eigenvalue weighted by Gasteiger charge is -2.08. The Morgan fingerprint density at radius 3 is 2.62 bits per heavy atom. The molecule has 3 N–H and O–H groups in total. The van der Waals surface area contributed by atoms with Crippen LogP contribution in [-0.2, 0) is 9.84 Å². The number of fused-ring (bicyclic) bond motifs is 1. The van der Waals surface area contributed by atoms with Crippen LogP contribution in [0.1, 0.15) is 30.6 Å². The fraction of sp³-hybridized carbons (Fsp3) is 0.286. The van der Waals surface area contributed by atoms with Crippen molar-refractivity contribution in [3.05, 3.63) is 53.1 Å². The quantitative estimate of drug-likeness (QED) is 0.406. The van der Waals surface area contributed by atoms with Gasteiger partial charge in [0.25, 0.3) is 5.91 Å². The zero-order valence-electron chi connectivity index (χ0n) is 17.5. The molecule has 3 amide bonds. The van der Waals surface area contributed by atoms with E-state index in [1.54, 1.807) is 30.3 Å². The molecular formula is C21H23ClN4O4S2. The maximum absolute atomic E-state index is 12.6. The van der Waals surface area contributed by atoms with Crippen LogP contribution in [0.2, 0.25) is 5.02 Å². The first-order chi connectivity index (χ1) is 15.2. The van der Waals surface area contributed by atoms with E-state index in [4.69, 9.17) is 11.6 Å². The molecule has 1 aromatic heterocycles. The van der Waals surface area contributed by atoms with E-state index < -0.39 is 21.8 Å². The summed E-state index contributed by atoms with van der Waals surface area (Å²) in [4.78, 5) is 28.9. The normalized spacial score (nSPS) is 11.6. The molecule has 0 aliphatic heterocycles. The Labute approximate surface area is 195 Å². The highest BCUT2D eigenvalue weighted by Gasteiger charge is 2.18. The number of halogens is 1. The molecular weight excluding hydrogens is 472 g/mol. The topological polar surface area (TPSA) is 117 Å². The molecule has 0 aliphatic carbocycles. The number of amides is 3. The fourth-order valence-electron chi connectivity index (χ4n) is 2.87. The zero-order chi connectivity index (χ0) is 23.3. The first kappa shape index (κ1) is 24.1. The van der Waals surface area contributed by atoms with Crippen molar-refractivity contribution in [3.8, 4) is 0 Å². The number of carbonyl (C=O) groups is 2. The lowest BCUT2D eigenvalue weighted by atomic mass is 10.2. The van der Waals surface area contributed by atoms with Crippen LogP contribution >= 0.6 is 22.9 Å². The predicted octanol–water partition coefficient (Wildman–Crippen LogP) is 4.07. The molecule has 3 aromatic rings. The van der Waals surface area contributed by atoms with Crippen LogP contribution in [0.5, 0.6) is 0 Å². The van der Waals surface area contributed by atoms with Gasteiger partial charge in [-0.25, -0.2) is 18.2 Å². The van der Waals surface area contributed by atoms with Crippen LogP contribution < -0.4 is 16.0 Å². The Balaban J connectivity index is 1.66. The number of urea groups is 1. The number of hydrogen-bond acceptors (Lipinski definition) is 7. The van der Waals surface area contributed by atoms with Gasteiger partial charge in [0.2, 0.25) is 0 Å². The van der Waals surface area contributed by atoms with Gasteiger partial charge in [-0.05, 0) is 43.3 Å². The van der Waals surface area contributed by atoms with Crippen molar-refractivity contribution in [2.45, 2.75) is 31.2 Å². The maximum Gasteiger partial charge on any atom is 0.327 e. The van der Waals surface area contributed by atoms with Crippen LogP contribution in [0.3, 0.4) is 0 Å². The molecule has 0 saturated carbocycles. The first-order valence-corrected chi connectivity index (χ1v) is 12.7. The summed E-state index contributed by atoms with van der Waals surface area (Å²) in [5, 5.41) is 8.35. The van der Waals surface area contributed by atoms with Gasteiger partial charge in [0, 0.05) is 6.04 Å². The lowest BCUT2D eigenvalue weighted by Crippen LogP contribution is -2.34. The van der Waals surface area contributed by atoms with Crippen molar-refractivity contribution >= 4 is 60.1 Å². The highest BCUT2D eigenvalue weighted by atomic mass is 35.5. The van der Waals surface area contributed by atoms with E-state index in [0.29, 0.717) is 29.2 Å². The van der Waals surface area contributed by atoms with E-state index in [0.717, 1.165) is 11.3 Å². The minimum absolute atomic E-state index is 0.0364. The van der Waals surface area contributed by atoms with Crippen LogP contribution in [0.4, 0.5) is 9.93 Å². The number of rotatable bonds is 8. The molecule has 0 bridgehead atoms. The second-order valence-electron chi connectivity index (χ2n) is 7.32. The average molecular weight is 495 g/mol. The third-order valence-electron chi connectivity index (χ3n) is 4.43. The molecule has 0 radical (unpaired) electrons. The van der Waals surface area contributed by atoms with E-state index in [9.17, 15) is 18.0 Å². The standard InChI is InChI=1S/C21H23ClN4O4S2/c1-13(2)23-10-5-11-32(29,30)14-8-9-17-18(12-14)31-21(24-17)26-20(28)25-19(27)15-6-3-4-7-16(15)22/h3-4,6-9,12-13,23H,5,10-11H2,1-2H3,(H2,24,25,26,27,28). The number of nitrogens with zero attached hydrogens (tertiary/aromatic N) is 1. The van der Waals surface area contributed by atoms with E-state index >= 15 is 0 Å². The largest absolute Gasteiger partial charge is 0.327 e. The molecule has 0 saturated heterocycles. The number of anilines is 1. The number of hydrogen-bond donors (Lipinski definition) is 3. The number of sulfone groups is 1. The van der Waals surface area contributed by atoms with Gasteiger partial charge < -0.3 is 5.32 Å². The molecule has 0 aliphatic rings. The Hall–Kier alpha value is -2.53. The highest BCUT2D eigenvalue weighted by Crippen LogP contribution is 2.28. The molecule has 0 atom stereocenters. The van der Waals surface area contributed by atoms with Gasteiger partial charge in [-0.3, -0.25) is 15.4 Å². The SMILES string of the molecule is CC(C)NCCCS(=O)(=O)c1ccc2nc(NC(=O)NC(=O)c3ccccc3Cl)sc2c1. The Morgan fingerprint density at radius 2 is 1.91 bits per heavy atom. The van der Waals surface area contributed by atoms with E-state index in [1.165, 1.54) is 12.1 Å². The second-order valence-corrected chi connectivity index (χ2v) is 10.9. The van der Waals surface area contributed by atoms with Crippen LogP contribution in [0, 0.1) is 0 Å². The molecule has 3 rings (SSSR count). The molecule has 2 aromatic carbocycles. The molecule has 32 heavy (non-hydrogen) atoms. The summed E-state index contributed by atoms with van der Waals surface area (Å²) in [7, 11) is -3.43. The predicted molar refractivity (Wildman–Crippen MR) is 127 cm³/mol. The van der Waals surface area contributed by atoms with Gasteiger partial charge in [-0.2, -0.15) is 0 Å². The van der Waals surface area contributed by atoms with Gasteiger partial charge >= 0.3 is 6.03 Å². The zero-order valence-corrected chi connectivity index (χ0v) is 19.9. The lowest BCUT2D eigenvalue weighted by molar-refractivity contribution is 0.0967. The van der Waals surface area contributed by atoms with Crippen molar-refractivity contribution in [1.82, 2.24) is 15.6 Å². The molecule has 0 fully saturated rings. The molecule has 8 nitrogen and oxygen atoms in total. The van der Waals surface area contributed by atoms with Crippen molar-refractivity contribution in [1.29, 1.82) is 0 Å². The first-order valence-electron chi connectivity index (χ1n) is 9.89. The smallest absolute Gasteiger partial charge is 0.314 e. The van der Waals surface area contributed by atoms with E-state index in [1.807, 2.05) is 13.8 Å². The summed E-state index contributed by atoms with van der Waals surface area (Å²) < 4.78 is 25.8. The van der Waals surface area contributed by atoms with Gasteiger partial charge in [0.15, 0.2) is 15.0 Å². The highest BCUT2D eigenvalue weighted by molar-refractivity contribution is 7.91. The second kappa shape index (κ2) is 10.4. The summed E-state index contributed by atoms with van der Waals surface area (Å²) >= 11 is 7.08. The van der Waals surface area contributed by atoms with Gasteiger partial charge in [0.05, 0.1) is 31.5 Å². The summed E-state index contributed by atoms with van der Waals surface area (Å²) in [5.74, 6) is -0.608. The number of benzene rings is 2. The van der Waals surface area contributed by atoms with Gasteiger partial charge in [-0.15, -0.1) is 0 Å². The van der Waals surface area contributed by atoms with Gasteiger partial charge in [-0.1, -0.05) is 48.9 Å². The Kier molecular flexibility index (Phi) is 7.83. The Morgan fingerprint density at radius 1 is 1.16 bits per heavy atom. The van der Waals surface area contributed by atoms with Gasteiger partial charge in [0.1, 0.15) is 0 Å². The number of nitrogens with one attached hydrogen (secondary N) is 3. The average Bonchev–Trinajstić information content (AvgIpc) is 3.12.